The number of nitrogens with zero attached hydrogens (tertiary/aromatic N) is 2. The van der Waals surface area contributed by atoms with Crippen LogP contribution in [0.5, 0.6) is 5.75 Å². The zero-order valence-electron chi connectivity index (χ0n) is 22.4. The fourth-order valence-corrected chi connectivity index (χ4v) is 5.38. The van der Waals surface area contributed by atoms with Gasteiger partial charge in [-0.2, -0.15) is 0 Å². The summed E-state index contributed by atoms with van der Waals surface area (Å²) in [5, 5.41) is 11.9. The fourth-order valence-electron chi connectivity index (χ4n) is 4.67. The van der Waals surface area contributed by atoms with E-state index in [0.717, 1.165) is 28.5 Å². The molecule has 5 nitrogen and oxygen atoms in total. The Balaban J connectivity index is 1.33. The van der Waals surface area contributed by atoms with Crippen molar-refractivity contribution >= 4 is 23.0 Å². The van der Waals surface area contributed by atoms with E-state index < -0.39 is 5.97 Å². The molecule has 0 unspecified atom stereocenters. The van der Waals surface area contributed by atoms with Crippen LogP contribution in [0, 0.1) is 0 Å². The normalized spacial score (nSPS) is 11.1. The number of anilines is 1. The van der Waals surface area contributed by atoms with Gasteiger partial charge < -0.3 is 14.7 Å². The predicted molar refractivity (Wildman–Crippen MR) is 156 cm³/mol. The molecule has 3 aromatic carbocycles. The molecule has 4 rings (SSSR count). The summed E-state index contributed by atoms with van der Waals surface area (Å²) in [6.07, 6.45) is 4.97. The average molecular weight is 529 g/mol. The van der Waals surface area contributed by atoms with Gasteiger partial charge in [0.25, 0.3) is 0 Å². The zero-order chi connectivity index (χ0) is 26.9. The minimum absolute atomic E-state index is 0.240. The lowest BCUT2D eigenvalue weighted by Gasteiger charge is -2.21. The van der Waals surface area contributed by atoms with Crippen LogP contribution in [0.3, 0.4) is 0 Å². The fraction of sp³-hybridized carbons (Fsp3) is 0.312. The van der Waals surface area contributed by atoms with Gasteiger partial charge in [-0.15, -0.1) is 11.3 Å². The van der Waals surface area contributed by atoms with Gasteiger partial charge in [-0.25, -0.2) is 9.78 Å². The molecule has 0 amide bonds. The maximum Gasteiger partial charge on any atom is 0.335 e. The lowest BCUT2D eigenvalue weighted by molar-refractivity contribution is 0.0697. The summed E-state index contributed by atoms with van der Waals surface area (Å²) < 4.78 is 5.78. The maximum absolute atomic E-state index is 11.0. The summed E-state index contributed by atoms with van der Waals surface area (Å²) in [6, 6.07) is 24.1. The molecular formula is C32H36N2O3S. The smallest absolute Gasteiger partial charge is 0.335 e. The van der Waals surface area contributed by atoms with Gasteiger partial charge in [0.05, 0.1) is 11.3 Å². The van der Waals surface area contributed by atoms with Gasteiger partial charge >= 0.3 is 5.97 Å². The van der Waals surface area contributed by atoms with Gasteiger partial charge in [-0.05, 0) is 66.3 Å². The van der Waals surface area contributed by atoms with E-state index in [1.165, 1.54) is 48.9 Å². The van der Waals surface area contributed by atoms with Gasteiger partial charge in [-0.3, -0.25) is 0 Å². The molecule has 0 aliphatic rings. The maximum atomic E-state index is 11.0. The number of rotatable bonds is 13. The van der Waals surface area contributed by atoms with Crippen LogP contribution in [0.15, 0.2) is 78.2 Å². The van der Waals surface area contributed by atoms with Crippen molar-refractivity contribution in [1.29, 1.82) is 0 Å². The number of carboxylic acids is 1. The molecular weight excluding hydrogens is 492 g/mol. The number of carbonyl (C=O) groups is 1. The molecule has 0 bridgehead atoms. The summed E-state index contributed by atoms with van der Waals surface area (Å²) in [4.78, 5) is 18.0. The zero-order valence-corrected chi connectivity index (χ0v) is 23.2. The van der Waals surface area contributed by atoms with Gasteiger partial charge in [0.2, 0.25) is 0 Å². The lowest BCUT2D eigenvalue weighted by Crippen LogP contribution is -2.16. The number of carboxylic acid groups (broad SMARTS) is 1. The molecule has 4 aromatic rings. The molecule has 1 heterocycles. The minimum atomic E-state index is -0.949. The standard InChI is InChI=1S/C32H36N2O3S/c1-4-6-24(7-5-2)25-10-8-23(9-11-25)20-34(3)28-16-12-26(13-17-28)30-22-38-31(33-30)21-37-29-18-14-27(15-19-29)32(35)36/h8-19,22,24H,4-7,20-21H2,1-3H3,(H,35,36). The predicted octanol–water partition coefficient (Wildman–Crippen LogP) is 8.41. The van der Waals surface area contributed by atoms with Gasteiger partial charge in [0.15, 0.2) is 0 Å². The second kappa shape index (κ2) is 13.2. The van der Waals surface area contributed by atoms with Gasteiger partial charge in [0, 0.05) is 30.2 Å². The number of aromatic nitrogens is 1. The second-order valence-electron chi connectivity index (χ2n) is 9.66. The Morgan fingerprint density at radius 2 is 1.61 bits per heavy atom. The number of hydrogen-bond donors (Lipinski definition) is 1. The van der Waals surface area contributed by atoms with E-state index >= 15 is 0 Å². The van der Waals surface area contributed by atoms with E-state index in [9.17, 15) is 4.79 Å². The Labute approximate surface area is 229 Å². The van der Waals surface area contributed by atoms with Crippen LogP contribution < -0.4 is 9.64 Å². The van der Waals surface area contributed by atoms with Crippen LogP contribution in [0.1, 0.15) is 71.9 Å². The van der Waals surface area contributed by atoms with Crippen molar-refractivity contribution in [2.24, 2.45) is 0 Å². The summed E-state index contributed by atoms with van der Waals surface area (Å²) >= 11 is 1.55. The van der Waals surface area contributed by atoms with E-state index in [2.05, 4.69) is 74.3 Å². The number of benzene rings is 3. The minimum Gasteiger partial charge on any atom is -0.486 e. The quantitative estimate of drug-likeness (QED) is 0.189. The molecule has 0 fully saturated rings. The van der Waals surface area contributed by atoms with Gasteiger partial charge in [-0.1, -0.05) is 63.1 Å². The molecule has 1 aromatic heterocycles. The van der Waals surface area contributed by atoms with Crippen molar-refractivity contribution in [3.05, 3.63) is 99.9 Å². The van der Waals surface area contributed by atoms with Crippen molar-refractivity contribution in [2.45, 2.75) is 58.6 Å². The molecule has 0 saturated carbocycles. The monoisotopic (exact) mass is 528 g/mol. The van der Waals surface area contributed by atoms with Crippen molar-refractivity contribution < 1.29 is 14.6 Å². The van der Waals surface area contributed by atoms with Crippen LogP contribution in [-0.4, -0.2) is 23.1 Å². The highest BCUT2D eigenvalue weighted by Gasteiger charge is 2.11. The van der Waals surface area contributed by atoms with Crippen LogP contribution in [0.4, 0.5) is 5.69 Å². The first-order valence-corrected chi connectivity index (χ1v) is 14.2. The van der Waals surface area contributed by atoms with E-state index in [4.69, 9.17) is 14.8 Å². The van der Waals surface area contributed by atoms with Gasteiger partial charge in [0.1, 0.15) is 17.4 Å². The topological polar surface area (TPSA) is 62.7 Å². The number of thiazole rings is 1. The first kappa shape index (κ1) is 27.4. The molecule has 1 N–H and O–H groups in total. The third-order valence-electron chi connectivity index (χ3n) is 6.76. The Bertz CT molecular complexity index is 1290. The highest BCUT2D eigenvalue weighted by Crippen LogP contribution is 2.28. The van der Waals surface area contributed by atoms with Crippen LogP contribution in [0.25, 0.3) is 11.3 Å². The Morgan fingerprint density at radius 3 is 2.21 bits per heavy atom. The molecule has 0 aliphatic heterocycles. The SMILES string of the molecule is CCCC(CCC)c1ccc(CN(C)c2ccc(-c3csc(COc4ccc(C(=O)O)cc4)n3)cc2)cc1. The molecule has 0 aliphatic carbocycles. The Kier molecular flexibility index (Phi) is 9.55. The third kappa shape index (κ3) is 7.23. The third-order valence-corrected chi connectivity index (χ3v) is 7.59. The Morgan fingerprint density at radius 1 is 0.947 bits per heavy atom. The molecule has 0 saturated heterocycles. The van der Waals surface area contributed by atoms with Crippen molar-refractivity contribution in [3.8, 4) is 17.0 Å². The molecule has 198 valence electrons. The molecule has 0 spiro atoms. The number of hydrogen-bond acceptors (Lipinski definition) is 5. The number of aromatic carboxylic acids is 1. The van der Waals surface area contributed by atoms with Crippen molar-refractivity contribution in [3.63, 3.8) is 0 Å². The number of ether oxygens (including phenoxy) is 1. The first-order chi connectivity index (χ1) is 18.5. The highest BCUT2D eigenvalue weighted by molar-refractivity contribution is 7.09. The van der Waals surface area contributed by atoms with E-state index in [-0.39, 0.29) is 5.56 Å². The van der Waals surface area contributed by atoms with Crippen LogP contribution in [0.2, 0.25) is 0 Å². The molecule has 6 heteroatoms. The van der Waals surface area contributed by atoms with Crippen molar-refractivity contribution in [2.75, 3.05) is 11.9 Å². The van der Waals surface area contributed by atoms with Crippen molar-refractivity contribution in [1.82, 2.24) is 4.98 Å². The lowest BCUT2D eigenvalue weighted by atomic mass is 9.90. The molecule has 0 atom stereocenters. The molecule has 38 heavy (non-hydrogen) atoms. The summed E-state index contributed by atoms with van der Waals surface area (Å²) in [5.41, 5.74) is 6.17. The van der Waals surface area contributed by atoms with Crippen LogP contribution in [-0.2, 0) is 13.2 Å². The Hall–Kier alpha value is -3.64. The molecule has 0 radical (unpaired) electrons. The average Bonchev–Trinajstić information content (AvgIpc) is 3.42. The first-order valence-electron chi connectivity index (χ1n) is 13.3. The highest BCUT2D eigenvalue weighted by atomic mass is 32.1. The largest absolute Gasteiger partial charge is 0.486 e. The summed E-state index contributed by atoms with van der Waals surface area (Å²) in [5.74, 6) is 0.346. The van der Waals surface area contributed by atoms with E-state index in [1.54, 1.807) is 23.5 Å². The van der Waals surface area contributed by atoms with Crippen LogP contribution >= 0.6 is 11.3 Å². The summed E-state index contributed by atoms with van der Waals surface area (Å²) in [6.45, 7) is 5.74. The van der Waals surface area contributed by atoms with E-state index in [1.807, 2.05) is 5.38 Å². The summed E-state index contributed by atoms with van der Waals surface area (Å²) in [7, 11) is 2.13. The van der Waals surface area contributed by atoms with E-state index in [0.29, 0.717) is 18.3 Å². The second-order valence-corrected chi connectivity index (χ2v) is 10.6.